The van der Waals surface area contributed by atoms with Gasteiger partial charge in [0.2, 0.25) is 5.91 Å². The van der Waals surface area contributed by atoms with E-state index in [1.54, 1.807) is 0 Å². The first-order valence-electron chi connectivity index (χ1n) is 12.0. The van der Waals surface area contributed by atoms with E-state index in [-0.39, 0.29) is 11.8 Å². The van der Waals surface area contributed by atoms with E-state index in [0.29, 0.717) is 12.3 Å². The number of aromatic nitrogens is 2. The zero-order chi connectivity index (χ0) is 20.9. The highest BCUT2D eigenvalue weighted by Gasteiger charge is 2.48. The van der Waals surface area contributed by atoms with E-state index in [2.05, 4.69) is 41.5 Å². The number of nitrogens with one attached hydrogen (secondary N) is 2. The van der Waals surface area contributed by atoms with Gasteiger partial charge in [0.05, 0.1) is 11.0 Å². The van der Waals surface area contributed by atoms with Crippen molar-refractivity contribution in [2.24, 2.45) is 29.6 Å². The van der Waals surface area contributed by atoms with Crippen LogP contribution in [0, 0.1) is 29.6 Å². The van der Waals surface area contributed by atoms with E-state index >= 15 is 0 Å². The maximum absolute atomic E-state index is 12.9. The minimum absolute atomic E-state index is 0.175. The van der Waals surface area contributed by atoms with E-state index < -0.39 is 0 Å². The minimum Gasteiger partial charge on any atom is -0.341 e. The molecule has 1 aromatic heterocycles. The SMILES string of the molecule is C[C@@H](c1ccccc1)c1nc2ccc(NC(=O)CC3C4CC5CC(C4)CC3C5)cc2[nH]1. The summed E-state index contributed by atoms with van der Waals surface area (Å²) in [5.74, 6) is 5.42. The fraction of sp³-hybridized carbons (Fsp3) is 0.481. The zero-order valence-electron chi connectivity index (χ0n) is 18.2. The summed E-state index contributed by atoms with van der Waals surface area (Å²) in [6.45, 7) is 2.17. The molecule has 0 radical (unpaired) electrons. The molecule has 1 atom stereocenters. The van der Waals surface area contributed by atoms with Crippen LogP contribution >= 0.6 is 0 Å². The van der Waals surface area contributed by atoms with E-state index in [1.165, 1.54) is 37.7 Å². The van der Waals surface area contributed by atoms with Crippen LogP contribution in [0.5, 0.6) is 0 Å². The van der Waals surface area contributed by atoms with Crippen LogP contribution in [0.1, 0.15) is 62.8 Å². The second-order valence-electron chi connectivity index (χ2n) is 10.3. The van der Waals surface area contributed by atoms with Crippen LogP contribution in [0.25, 0.3) is 11.0 Å². The summed E-state index contributed by atoms with van der Waals surface area (Å²) in [6, 6.07) is 16.4. The van der Waals surface area contributed by atoms with Crippen molar-refractivity contribution in [2.45, 2.75) is 51.4 Å². The van der Waals surface area contributed by atoms with Crippen LogP contribution in [0.2, 0.25) is 0 Å². The third-order valence-corrected chi connectivity index (χ3v) is 8.34. The van der Waals surface area contributed by atoms with Crippen LogP contribution in [0.4, 0.5) is 5.69 Å². The summed E-state index contributed by atoms with van der Waals surface area (Å²) in [7, 11) is 0. The first kappa shape index (κ1) is 19.1. The third kappa shape index (κ3) is 3.56. The normalized spacial score (nSPS) is 29.9. The minimum atomic E-state index is 0.175. The fourth-order valence-corrected chi connectivity index (χ4v) is 7.01. The van der Waals surface area contributed by atoms with Gasteiger partial charge in [-0.05, 0) is 85.5 Å². The number of carbonyl (C=O) groups excluding carboxylic acids is 1. The van der Waals surface area contributed by atoms with Crippen LogP contribution in [0.3, 0.4) is 0 Å². The number of imidazole rings is 1. The first-order chi connectivity index (χ1) is 15.1. The molecule has 0 spiro atoms. The van der Waals surface area contributed by atoms with Crippen molar-refractivity contribution in [3.63, 3.8) is 0 Å². The average Bonchev–Trinajstić information content (AvgIpc) is 3.19. The highest BCUT2D eigenvalue weighted by Crippen LogP contribution is 2.57. The predicted octanol–water partition coefficient (Wildman–Crippen LogP) is 6.12. The molecule has 2 aromatic carbocycles. The van der Waals surface area contributed by atoms with Gasteiger partial charge in [-0.25, -0.2) is 4.98 Å². The van der Waals surface area contributed by atoms with Crippen molar-refractivity contribution < 1.29 is 4.79 Å². The van der Waals surface area contributed by atoms with Crippen molar-refractivity contribution in [2.75, 3.05) is 5.32 Å². The van der Waals surface area contributed by atoms with Crippen molar-refractivity contribution >= 4 is 22.6 Å². The Morgan fingerprint density at radius 2 is 1.74 bits per heavy atom. The molecule has 0 unspecified atom stereocenters. The van der Waals surface area contributed by atoms with Crippen molar-refractivity contribution in [1.29, 1.82) is 0 Å². The van der Waals surface area contributed by atoms with Gasteiger partial charge in [0.1, 0.15) is 5.82 Å². The molecule has 3 aromatic rings. The third-order valence-electron chi connectivity index (χ3n) is 8.34. The predicted molar refractivity (Wildman–Crippen MR) is 124 cm³/mol. The Labute approximate surface area is 183 Å². The summed E-state index contributed by atoms with van der Waals surface area (Å²) < 4.78 is 0. The maximum Gasteiger partial charge on any atom is 0.224 e. The number of hydrogen-bond donors (Lipinski definition) is 2. The lowest BCUT2D eigenvalue weighted by Crippen LogP contribution is -2.46. The van der Waals surface area contributed by atoms with Gasteiger partial charge in [-0.2, -0.15) is 0 Å². The number of H-pyrrole nitrogens is 1. The molecule has 4 nitrogen and oxygen atoms in total. The van der Waals surface area contributed by atoms with Gasteiger partial charge in [0.15, 0.2) is 0 Å². The van der Waals surface area contributed by atoms with Gasteiger partial charge in [0.25, 0.3) is 0 Å². The molecule has 1 heterocycles. The Balaban J connectivity index is 1.15. The molecular formula is C27H31N3O. The summed E-state index contributed by atoms with van der Waals surface area (Å²) >= 11 is 0. The molecule has 4 aliphatic rings. The Kier molecular flexibility index (Phi) is 4.62. The topological polar surface area (TPSA) is 57.8 Å². The number of benzene rings is 2. The molecule has 4 heteroatoms. The second-order valence-corrected chi connectivity index (χ2v) is 10.3. The molecule has 4 bridgehead atoms. The van der Waals surface area contributed by atoms with E-state index in [1.807, 2.05) is 24.3 Å². The molecule has 4 fully saturated rings. The van der Waals surface area contributed by atoms with Crippen LogP contribution < -0.4 is 5.32 Å². The van der Waals surface area contributed by atoms with Crippen molar-refractivity contribution in [1.82, 2.24) is 9.97 Å². The molecule has 1 amide bonds. The highest BCUT2D eigenvalue weighted by molar-refractivity contribution is 5.93. The lowest BCUT2D eigenvalue weighted by atomic mass is 9.51. The standard InChI is InChI=1S/C27H31N3O/c1-16(19-5-3-2-4-6-19)27-29-24-8-7-22(14-25(24)30-27)28-26(31)15-23-20-10-17-9-18(12-20)13-21(23)11-17/h2-8,14,16-18,20-21,23H,9-13,15H2,1H3,(H,28,31)(H,29,30)/t16-,17?,18?,20?,21?,23?/m0/s1. The summed E-state index contributed by atoms with van der Waals surface area (Å²) in [6.07, 6.45) is 7.62. The Morgan fingerprint density at radius 1 is 1.03 bits per heavy atom. The maximum atomic E-state index is 12.9. The lowest BCUT2D eigenvalue weighted by Gasteiger charge is -2.54. The molecule has 4 saturated carbocycles. The molecule has 2 N–H and O–H groups in total. The van der Waals surface area contributed by atoms with Crippen LogP contribution in [-0.4, -0.2) is 15.9 Å². The Bertz CT molecular complexity index is 1070. The highest BCUT2D eigenvalue weighted by atomic mass is 16.1. The van der Waals surface area contributed by atoms with E-state index in [9.17, 15) is 4.79 Å². The molecular weight excluding hydrogens is 382 g/mol. The molecule has 0 saturated heterocycles. The number of hydrogen-bond acceptors (Lipinski definition) is 2. The van der Waals surface area contributed by atoms with Crippen LogP contribution in [-0.2, 0) is 4.79 Å². The average molecular weight is 414 g/mol. The van der Waals surface area contributed by atoms with Crippen molar-refractivity contribution in [3.05, 3.63) is 59.9 Å². The summed E-state index contributed by atoms with van der Waals surface area (Å²) in [5.41, 5.74) is 4.02. The van der Waals surface area contributed by atoms with Crippen molar-refractivity contribution in [3.8, 4) is 0 Å². The Hall–Kier alpha value is -2.62. The van der Waals surface area contributed by atoms with Gasteiger partial charge < -0.3 is 10.3 Å². The van der Waals surface area contributed by atoms with E-state index in [0.717, 1.165) is 46.2 Å². The number of nitrogens with zero attached hydrogens (tertiary/aromatic N) is 1. The quantitative estimate of drug-likeness (QED) is 0.530. The molecule has 7 rings (SSSR count). The molecule has 31 heavy (non-hydrogen) atoms. The molecule has 0 aliphatic heterocycles. The summed E-state index contributed by atoms with van der Waals surface area (Å²) in [4.78, 5) is 21.2. The number of anilines is 1. The van der Waals surface area contributed by atoms with Gasteiger partial charge in [-0.1, -0.05) is 37.3 Å². The number of carbonyl (C=O) groups is 1. The number of rotatable bonds is 5. The van der Waals surface area contributed by atoms with Crippen LogP contribution in [0.15, 0.2) is 48.5 Å². The summed E-state index contributed by atoms with van der Waals surface area (Å²) in [5, 5.41) is 3.18. The first-order valence-corrected chi connectivity index (χ1v) is 12.0. The van der Waals surface area contributed by atoms with Gasteiger partial charge in [-0.3, -0.25) is 4.79 Å². The fourth-order valence-electron chi connectivity index (χ4n) is 7.01. The lowest BCUT2D eigenvalue weighted by molar-refractivity contribution is -0.121. The molecule has 160 valence electrons. The monoisotopic (exact) mass is 413 g/mol. The second kappa shape index (κ2) is 7.51. The number of aromatic amines is 1. The van der Waals surface area contributed by atoms with E-state index in [4.69, 9.17) is 4.98 Å². The zero-order valence-corrected chi connectivity index (χ0v) is 18.2. The number of amides is 1. The largest absolute Gasteiger partial charge is 0.341 e. The van der Waals surface area contributed by atoms with Gasteiger partial charge >= 0.3 is 0 Å². The van der Waals surface area contributed by atoms with Gasteiger partial charge in [0, 0.05) is 18.0 Å². The molecule has 4 aliphatic carbocycles. The Morgan fingerprint density at radius 3 is 2.45 bits per heavy atom. The number of fused-ring (bicyclic) bond motifs is 1. The smallest absolute Gasteiger partial charge is 0.224 e. The van der Waals surface area contributed by atoms with Gasteiger partial charge in [-0.15, -0.1) is 0 Å².